The molecule has 1 fully saturated rings. The largest absolute Gasteiger partial charge is 0.463 e. The zero-order chi connectivity index (χ0) is 21.4. The van der Waals surface area contributed by atoms with Crippen molar-refractivity contribution < 1.29 is 23.8 Å². The van der Waals surface area contributed by atoms with Crippen LogP contribution in [0.3, 0.4) is 0 Å². The van der Waals surface area contributed by atoms with Gasteiger partial charge in [-0.15, -0.1) is 0 Å². The molecule has 0 N–H and O–H groups in total. The molecule has 0 aromatic rings. The zero-order valence-corrected chi connectivity index (χ0v) is 17.8. The maximum atomic E-state index is 11.7. The maximum absolute atomic E-state index is 11.7. The molecule has 0 unspecified atom stereocenters. The van der Waals surface area contributed by atoms with Crippen molar-refractivity contribution in [1.29, 1.82) is 0 Å². The number of rotatable bonds is 11. The van der Waals surface area contributed by atoms with Gasteiger partial charge in [-0.2, -0.15) is 0 Å². The van der Waals surface area contributed by atoms with E-state index in [2.05, 4.69) is 54.9 Å². The van der Waals surface area contributed by atoms with E-state index in [-0.39, 0.29) is 30.9 Å². The molecule has 1 rings (SSSR count). The molecule has 5 nitrogen and oxygen atoms in total. The highest BCUT2D eigenvalue weighted by molar-refractivity contribution is 5.95. The highest BCUT2D eigenvalue weighted by Gasteiger charge is 2.33. The molecule has 1 heterocycles. The number of hydrogen-bond donors (Lipinski definition) is 0. The second-order valence-corrected chi connectivity index (χ2v) is 7.09. The van der Waals surface area contributed by atoms with Gasteiger partial charge in [-0.3, -0.25) is 9.59 Å². The van der Waals surface area contributed by atoms with E-state index in [1.165, 1.54) is 0 Å². The summed E-state index contributed by atoms with van der Waals surface area (Å²) >= 11 is 0. The lowest BCUT2D eigenvalue weighted by molar-refractivity contribution is -0.158. The van der Waals surface area contributed by atoms with E-state index in [1.54, 1.807) is 0 Å². The number of esters is 1. The van der Waals surface area contributed by atoms with Gasteiger partial charge in [-0.1, -0.05) is 37.1 Å². The molecule has 0 aromatic carbocycles. The lowest BCUT2D eigenvalue weighted by Crippen LogP contribution is -2.25. The summed E-state index contributed by atoms with van der Waals surface area (Å²) in [7, 11) is 0. The summed E-state index contributed by atoms with van der Waals surface area (Å²) in [4.78, 5) is 23.3. The van der Waals surface area contributed by atoms with Gasteiger partial charge in [0.25, 0.3) is 0 Å². The van der Waals surface area contributed by atoms with Crippen molar-refractivity contribution in [1.82, 2.24) is 0 Å². The number of allylic oxidation sites excluding steroid dienone is 4. The van der Waals surface area contributed by atoms with Crippen LogP contribution in [0.25, 0.3) is 0 Å². The minimum Gasteiger partial charge on any atom is -0.463 e. The van der Waals surface area contributed by atoms with Crippen LogP contribution >= 0.6 is 0 Å². The third-order valence-corrected chi connectivity index (χ3v) is 3.92. The number of carbonyl (C=O) groups is 2. The van der Waals surface area contributed by atoms with E-state index >= 15 is 0 Å². The second kappa shape index (κ2) is 14.6. The van der Waals surface area contributed by atoms with Gasteiger partial charge in [0.15, 0.2) is 5.79 Å². The van der Waals surface area contributed by atoms with Crippen LogP contribution in [-0.2, 0) is 23.8 Å². The lowest BCUT2D eigenvalue weighted by Gasteiger charge is -2.16. The van der Waals surface area contributed by atoms with Gasteiger partial charge in [0.1, 0.15) is 12.7 Å². The number of Topliss-reactive ketones (excluding diaryl/α,β-unsaturated/α-hetero) is 1. The normalized spacial score (nSPS) is 17.6. The van der Waals surface area contributed by atoms with Gasteiger partial charge in [-0.05, 0) is 57.3 Å². The van der Waals surface area contributed by atoms with Crippen LogP contribution in [0.15, 0.2) is 24.3 Å². The first-order chi connectivity index (χ1) is 13.9. The number of ether oxygens (including phenoxy) is 3. The van der Waals surface area contributed by atoms with E-state index in [4.69, 9.17) is 14.2 Å². The third kappa shape index (κ3) is 13.5. The molecule has 1 aliphatic rings. The standard InChI is InChI=1S/C24H32O5/c1-4-5-6-7-8-9-10-13-16-21(25)17-14-11-12-15-18-23(26)27-19-22-20-28-24(2,3)29-22/h5-6,8-9,22H,4,7,10,13,15-16,18-20H2,1-3H3/b6-5-,9-8-/t22-/m0/s1. The predicted octanol–water partition coefficient (Wildman–Crippen LogP) is 4.12. The summed E-state index contributed by atoms with van der Waals surface area (Å²) in [6, 6.07) is 0. The van der Waals surface area contributed by atoms with Crippen molar-refractivity contribution >= 4 is 11.8 Å². The smallest absolute Gasteiger partial charge is 0.306 e. The average molecular weight is 401 g/mol. The summed E-state index contributed by atoms with van der Waals surface area (Å²) in [5.41, 5.74) is 0. The molecule has 0 radical (unpaired) electrons. The number of ketones is 1. The van der Waals surface area contributed by atoms with Gasteiger partial charge < -0.3 is 14.2 Å². The van der Waals surface area contributed by atoms with Crippen LogP contribution in [0.1, 0.15) is 65.7 Å². The molecular weight excluding hydrogens is 368 g/mol. The molecule has 0 aliphatic carbocycles. The Morgan fingerprint density at radius 1 is 1.14 bits per heavy atom. The van der Waals surface area contributed by atoms with E-state index in [0.29, 0.717) is 19.4 Å². The second-order valence-electron chi connectivity index (χ2n) is 7.09. The Labute approximate surface area is 174 Å². The highest BCUT2D eigenvalue weighted by Crippen LogP contribution is 2.22. The quantitative estimate of drug-likeness (QED) is 0.172. The SMILES string of the molecule is CC/C=C\C/C=C\CCCC(=O)C#CC#CCCC(=O)OC[C@H]1COC(C)(C)O1. The minimum atomic E-state index is -0.624. The first kappa shape index (κ1) is 24.7. The molecular formula is C24H32O5. The number of hydrogen-bond acceptors (Lipinski definition) is 5. The Balaban J connectivity index is 2.08. The molecule has 29 heavy (non-hydrogen) atoms. The van der Waals surface area contributed by atoms with Crippen molar-refractivity contribution in [2.24, 2.45) is 0 Å². The van der Waals surface area contributed by atoms with Crippen LogP contribution in [0.4, 0.5) is 0 Å². The van der Waals surface area contributed by atoms with Crippen molar-refractivity contribution in [2.45, 2.75) is 77.6 Å². The minimum absolute atomic E-state index is 0.111. The maximum Gasteiger partial charge on any atom is 0.306 e. The predicted molar refractivity (Wildman–Crippen MR) is 113 cm³/mol. The van der Waals surface area contributed by atoms with Gasteiger partial charge in [0.2, 0.25) is 5.78 Å². The summed E-state index contributed by atoms with van der Waals surface area (Å²) in [5.74, 6) is 9.35. The van der Waals surface area contributed by atoms with E-state index in [1.807, 2.05) is 13.8 Å². The molecule has 158 valence electrons. The van der Waals surface area contributed by atoms with Crippen molar-refractivity contribution in [3.8, 4) is 23.7 Å². The number of carbonyl (C=O) groups excluding carboxylic acids is 2. The first-order valence-electron chi connectivity index (χ1n) is 10.2. The summed E-state index contributed by atoms with van der Waals surface area (Å²) < 4.78 is 16.1. The summed E-state index contributed by atoms with van der Waals surface area (Å²) in [6.07, 6.45) is 12.8. The summed E-state index contributed by atoms with van der Waals surface area (Å²) in [5, 5.41) is 0. The molecule has 1 atom stereocenters. The third-order valence-electron chi connectivity index (χ3n) is 3.92. The number of unbranched alkanes of at least 4 members (excludes halogenated alkanes) is 1. The van der Waals surface area contributed by atoms with Crippen LogP contribution < -0.4 is 0 Å². The Kier molecular flexibility index (Phi) is 12.5. The molecule has 1 saturated heterocycles. The Morgan fingerprint density at radius 2 is 1.93 bits per heavy atom. The van der Waals surface area contributed by atoms with Crippen LogP contribution in [0.5, 0.6) is 0 Å². The average Bonchev–Trinajstić information content (AvgIpc) is 3.03. The fourth-order valence-corrected chi connectivity index (χ4v) is 2.47. The monoisotopic (exact) mass is 400 g/mol. The van der Waals surface area contributed by atoms with Crippen molar-refractivity contribution in [2.75, 3.05) is 13.2 Å². The Hall–Kier alpha value is -2.34. The Morgan fingerprint density at radius 3 is 2.66 bits per heavy atom. The Bertz CT molecular complexity index is 694. The molecule has 5 heteroatoms. The van der Waals surface area contributed by atoms with E-state index in [9.17, 15) is 9.59 Å². The molecule has 1 aliphatic heterocycles. The van der Waals surface area contributed by atoms with Crippen LogP contribution in [0, 0.1) is 23.7 Å². The lowest BCUT2D eigenvalue weighted by atomic mass is 10.1. The van der Waals surface area contributed by atoms with Gasteiger partial charge in [-0.25, -0.2) is 0 Å². The van der Waals surface area contributed by atoms with Crippen molar-refractivity contribution in [3.05, 3.63) is 24.3 Å². The van der Waals surface area contributed by atoms with Crippen molar-refractivity contribution in [3.63, 3.8) is 0 Å². The topological polar surface area (TPSA) is 61.8 Å². The fourth-order valence-electron chi connectivity index (χ4n) is 2.47. The van der Waals surface area contributed by atoms with Gasteiger partial charge in [0, 0.05) is 12.8 Å². The zero-order valence-electron chi connectivity index (χ0n) is 17.8. The molecule has 0 amide bonds. The highest BCUT2D eigenvalue weighted by atomic mass is 16.7. The van der Waals surface area contributed by atoms with Crippen LogP contribution in [0.2, 0.25) is 0 Å². The van der Waals surface area contributed by atoms with E-state index in [0.717, 1.165) is 25.7 Å². The first-order valence-corrected chi connectivity index (χ1v) is 10.2. The van der Waals surface area contributed by atoms with Gasteiger partial charge in [0.05, 0.1) is 13.0 Å². The van der Waals surface area contributed by atoms with E-state index < -0.39 is 5.79 Å². The van der Waals surface area contributed by atoms with Crippen LogP contribution in [-0.4, -0.2) is 36.9 Å². The van der Waals surface area contributed by atoms with Gasteiger partial charge >= 0.3 is 5.97 Å². The fraction of sp³-hybridized carbons (Fsp3) is 0.583. The molecule has 0 bridgehead atoms. The summed E-state index contributed by atoms with van der Waals surface area (Å²) in [6.45, 7) is 6.34. The molecule has 0 spiro atoms. The molecule has 0 aromatic heterocycles. The molecule has 0 saturated carbocycles.